The van der Waals surface area contributed by atoms with Crippen molar-refractivity contribution >= 4 is 89.5 Å². The van der Waals surface area contributed by atoms with Crippen LogP contribution < -0.4 is 0 Å². The monoisotopic (exact) mass is 615 g/mol. The average Bonchev–Trinajstić information content (AvgIpc) is 2.34. The summed E-state index contributed by atoms with van der Waals surface area (Å²) in [5.41, 5.74) is 0. The number of hydrogen-bond donors (Lipinski definition) is 0. The molecule has 31 heavy (non-hydrogen) atoms. The Balaban J connectivity index is 0.000000730. The van der Waals surface area contributed by atoms with Crippen molar-refractivity contribution in [3.8, 4) is 0 Å². The second kappa shape index (κ2) is 7.60. The molecule has 0 unspecified atom stereocenters. The summed E-state index contributed by atoms with van der Waals surface area (Å²) in [5, 5.41) is 0. The van der Waals surface area contributed by atoms with Crippen LogP contribution in [0.25, 0.3) is 0 Å². The quantitative estimate of drug-likeness (QED) is 0.289. The Hall–Kier alpha value is 1.71. The molecule has 0 atom stereocenters. The van der Waals surface area contributed by atoms with Crippen molar-refractivity contribution in [2.24, 2.45) is 0 Å². The van der Waals surface area contributed by atoms with Crippen molar-refractivity contribution in [1.29, 1.82) is 0 Å². The molecule has 0 amide bonds. The molecule has 23 heteroatoms. The first-order valence-corrected chi connectivity index (χ1v) is 28.9. The van der Waals surface area contributed by atoms with Crippen molar-refractivity contribution in [3.05, 3.63) is 0 Å². The SMILES string of the molecule is C[Si]12O[Si]3(C)O[Si]4(C)O[Si](C)(O1)O[Si]1(C)O[Si](C)(O2)O[Si](C)(O3)O[Si](C)(O4)O1.O=[P+]=S. The fourth-order valence-electron chi connectivity index (χ4n) is 4.54. The average molecular weight is 616 g/mol. The Bertz CT molecular complexity index is 582. The molecule has 0 aliphatic carbocycles. The van der Waals surface area contributed by atoms with Crippen LogP contribution in [0.15, 0.2) is 0 Å². The van der Waals surface area contributed by atoms with Gasteiger partial charge in [0.1, 0.15) is 0 Å². The standard InChI is InChI=1S/C8H24O12Si8.OPS/c1-21-9-22(2)12-25(5)14-23(3,10-21)16-27(7)17-24(4,11-21)15-26(6,13-22)19-28(8,18-25)20-27;1-2-3/h1-8H3;/q;+1. The van der Waals surface area contributed by atoms with E-state index in [4.69, 9.17) is 53.9 Å². The molecular weight excluding hydrogens is 592 g/mol. The summed E-state index contributed by atoms with van der Waals surface area (Å²) in [6.45, 7) is 14.0. The van der Waals surface area contributed by atoms with Gasteiger partial charge in [0.25, 0.3) is 0 Å². The zero-order valence-electron chi connectivity index (χ0n) is 18.2. The van der Waals surface area contributed by atoms with E-state index in [1.807, 2.05) is 0 Å². The fourth-order valence-corrected chi connectivity index (χ4v) is 49.9. The first-order chi connectivity index (χ1) is 13.9. The van der Waals surface area contributed by atoms with Gasteiger partial charge < -0.3 is 49.4 Å². The van der Waals surface area contributed by atoms with E-state index in [9.17, 15) is 0 Å². The summed E-state index contributed by atoms with van der Waals surface area (Å²) in [6.07, 6.45) is 0. The molecule has 6 heterocycles. The second-order valence-corrected chi connectivity index (χ2v) is 32.4. The summed E-state index contributed by atoms with van der Waals surface area (Å²) in [7, 11) is -27.4. The Morgan fingerprint density at radius 1 is 0.387 bits per heavy atom. The minimum atomic E-state index is -3.40. The topological polar surface area (TPSA) is 128 Å². The van der Waals surface area contributed by atoms with Crippen LogP contribution in [0.1, 0.15) is 0 Å². The van der Waals surface area contributed by atoms with Gasteiger partial charge in [0, 0.05) is 52.4 Å². The zero-order chi connectivity index (χ0) is 23.2. The van der Waals surface area contributed by atoms with Crippen LogP contribution in [-0.2, 0) is 65.8 Å². The van der Waals surface area contributed by atoms with Crippen LogP contribution in [-0.4, -0.2) is 70.4 Å². The van der Waals surface area contributed by atoms with Crippen molar-refractivity contribution in [1.82, 2.24) is 0 Å². The van der Waals surface area contributed by atoms with Gasteiger partial charge in [-0.2, -0.15) is 0 Å². The third-order valence-electron chi connectivity index (χ3n) is 4.45. The van der Waals surface area contributed by atoms with Crippen molar-refractivity contribution in [2.45, 2.75) is 52.4 Å². The molecular formula is C8H24O13PSSi8+. The molecule has 176 valence electrons. The Morgan fingerprint density at radius 3 is 0.516 bits per heavy atom. The molecule has 0 N–H and O–H groups in total. The normalized spacial score (nSPS) is 60.0. The van der Waals surface area contributed by atoms with Crippen molar-refractivity contribution in [3.63, 3.8) is 0 Å². The van der Waals surface area contributed by atoms with E-state index in [0.717, 1.165) is 0 Å². The predicted octanol–water partition coefficient (Wildman–Crippen LogP) is 1.54. The molecule has 13 nitrogen and oxygen atoms in total. The second-order valence-electron chi connectivity index (χ2n) is 8.20. The Kier molecular flexibility index (Phi) is 6.32. The van der Waals surface area contributed by atoms with Crippen LogP contribution in [0.5, 0.6) is 0 Å². The zero-order valence-corrected chi connectivity index (χ0v) is 27.9. The molecule has 0 saturated carbocycles. The van der Waals surface area contributed by atoms with Crippen LogP contribution in [0.3, 0.4) is 0 Å². The molecule has 6 aliphatic rings. The third kappa shape index (κ3) is 5.15. The first kappa shape index (κ1) is 25.8. The number of rotatable bonds is 0. The van der Waals surface area contributed by atoms with Gasteiger partial charge in [0.15, 0.2) is 0 Å². The summed E-state index contributed by atoms with van der Waals surface area (Å²) in [5.74, 6) is 0. The van der Waals surface area contributed by atoms with Gasteiger partial charge in [-0.25, -0.2) is 0 Å². The van der Waals surface area contributed by atoms with Crippen molar-refractivity contribution < 1.29 is 53.9 Å². The van der Waals surface area contributed by atoms with Crippen molar-refractivity contribution in [2.75, 3.05) is 0 Å². The molecule has 6 rings (SSSR count). The van der Waals surface area contributed by atoms with E-state index in [2.05, 4.69) is 11.8 Å². The molecule has 6 fully saturated rings. The minimum absolute atomic E-state index is 0.250. The summed E-state index contributed by atoms with van der Waals surface area (Å²) < 4.78 is 85.5. The van der Waals surface area contributed by atoms with Gasteiger partial charge in [-0.05, 0) is 0 Å². The van der Waals surface area contributed by atoms with E-state index in [0.29, 0.717) is 0 Å². The van der Waals surface area contributed by atoms with Gasteiger partial charge in [-0.3, -0.25) is 0 Å². The van der Waals surface area contributed by atoms with E-state index in [-0.39, 0.29) is 7.24 Å². The summed E-state index contributed by atoms with van der Waals surface area (Å²) in [6, 6.07) is 0. The third-order valence-corrected chi connectivity index (χ3v) is 40.0. The maximum absolute atomic E-state index is 8.72. The van der Waals surface area contributed by atoms with Crippen LogP contribution >= 0.6 is 7.24 Å². The van der Waals surface area contributed by atoms with Crippen LogP contribution in [0.2, 0.25) is 52.4 Å². The first-order valence-electron chi connectivity index (χ1n) is 9.26. The van der Waals surface area contributed by atoms with Gasteiger partial charge >= 0.3 is 94.0 Å². The maximum atomic E-state index is 8.72. The molecule has 0 radical (unpaired) electrons. The predicted molar refractivity (Wildman–Crippen MR) is 121 cm³/mol. The van der Waals surface area contributed by atoms with E-state index in [1.54, 1.807) is 52.4 Å². The van der Waals surface area contributed by atoms with Gasteiger partial charge in [0.2, 0.25) is 0 Å². The molecule has 6 saturated heterocycles. The van der Waals surface area contributed by atoms with Gasteiger partial charge in [0.05, 0.1) is 0 Å². The van der Waals surface area contributed by atoms with E-state index >= 15 is 0 Å². The molecule has 0 aromatic heterocycles. The summed E-state index contributed by atoms with van der Waals surface area (Å²) >= 11 is 3.81. The summed E-state index contributed by atoms with van der Waals surface area (Å²) in [4.78, 5) is 0. The van der Waals surface area contributed by atoms with Crippen LogP contribution in [0, 0.1) is 0 Å². The molecule has 8 bridgehead atoms. The Morgan fingerprint density at radius 2 is 0.452 bits per heavy atom. The molecule has 0 aromatic carbocycles. The number of hydrogen-bond acceptors (Lipinski definition) is 14. The van der Waals surface area contributed by atoms with E-state index < -0.39 is 70.4 Å². The van der Waals surface area contributed by atoms with E-state index in [1.165, 1.54) is 0 Å². The van der Waals surface area contributed by atoms with Gasteiger partial charge in [-0.1, -0.05) is 0 Å². The fraction of sp³-hybridized carbons (Fsp3) is 1.00. The van der Waals surface area contributed by atoms with Crippen LogP contribution in [0.4, 0.5) is 0 Å². The van der Waals surface area contributed by atoms with Gasteiger partial charge in [-0.15, -0.1) is 0 Å². The molecule has 0 aromatic rings. The molecule has 6 aliphatic heterocycles. The Labute approximate surface area is 195 Å². The molecule has 0 spiro atoms.